The molecular formula is C16H18N4O2S2. The first kappa shape index (κ1) is 16.9. The molecule has 0 saturated carbocycles. The van der Waals surface area contributed by atoms with Crippen molar-refractivity contribution in [2.45, 2.75) is 24.1 Å². The Hall–Kier alpha value is -1.93. The Kier molecular flexibility index (Phi) is 5.47. The third-order valence-corrected chi connectivity index (χ3v) is 5.81. The number of benzene rings is 1. The van der Waals surface area contributed by atoms with Gasteiger partial charge in [-0.25, -0.2) is 0 Å². The molecule has 0 unspecified atom stereocenters. The molecule has 1 fully saturated rings. The average molecular weight is 362 g/mol. The third kappa shape index (κ3) is 3.93. The van der Waals surface area contributed by atoms with E-state index in [2.05, 4.69) is 22.4 Å². The largest absolute Gasteiger partial charge is 0.312 e. The summed E-state index contributed by atoms with van der Waals surface area (Å²) in [6, 6.07) is 9.41. The molecule has 0 spiro atoms. The Balaban J connectivity index is 1.60. The van der Waals surface area contributed by atoms with Crippen LogP contribution in [0.3, 0.4) is 0 Å². The Morgan fingerprint density at radius 3 is 2.92 bits per heavy atom. The zero-order valence-corrected chi connectivity index (χ0v) is 14.9. The van der Waals surface area contributed by atoms with E-state index in [0.717, 1.165) is 22.2 Å². The number of rotatable bonds is 6. The van der Waals surface area contributed by atoms with E-state index >= 15 is 0 Å². The van der Waals surface area contributed by atoms with Crippen LogP contribution in [0.2, 0.25) is 0 Å². The number of nitrogens with zero attached hydrogens (tertiary/aromatic N) is 3. The van der Waals surface area contributed by atoms with Crippen LogP contribution in [0.4, 0.5) is 10.8 Å². The molecule has 0 bridgehead atoms. The minimum absolute atomic E-state index is 0.0298. The van der Waals surface area contributed by atoms with Gasteiger partial charge in [0.25, 0.3) is 0 Å². The molecule has 6 nitrogen and oxygen atoms in total. The second-order valence-electron chi connectivity index (χ2n) is 5.45. The van der Waals surface area contributed by atoms with E-state index in [4.69, 9.17) is 0 Å². The molecule has 1 aliphatic rings. The van der Waals surface area contributed by atoms with Crippen molar-refractivity contribution >= 4 is 45.7 Å². The van der Waals surface area contributed by atoms with Gasteiger partial charge >= 0.3 is 0 Å². The molecule has 2 aromatic rings. The quantitative estimate of drug-likeness (QED) is 0.631. The van der Waals surface area contributed by atoms with Crippen LogP contribution < -0.4 is 10.2 Å². The van der Waals surface area contributed by atoms with Crippen LogP contribution >= 0.6 is 23.1 Å². The van der Waals surface area contributed by atoms with Crippen LogP contribution in [0.1, 0.15) is 19.8 Å². The second kappa shape index (κ2) is 7.76. The van der Waals surface area contributed by atoms with Gasteiger partial charge in [-0.3, -0.25) is 9.59 Å². The first-order valence-corrected chi connectivity index (χ1v) is 9.60. The highest BCUT2D eigenvalue weighted by molar-refractivity contribution is 8.01. The van der Waals surface area contributed by atoms with Crippen molar-refractivity contribution in [1.82, 2.24) is 10.2 Å². The lowest BCUT2D eigenvalue weighted by molar-refractivity contribution is -0.122. The first-order chi connectivity index (χ1) is 11.7. The standard InChI is InChI=1S/C16H18N4O2S2/c1-2-8-23-16-19-18-15(24-16)17-14(22)11-9-13(21)20(10-11)12-6-4-3-5-7-12/h3-7,11H,2,8-10H2,1H3,(H,17,18,22)/t11-/m0/s1. The number of carbonyl (C=O) groups is 2. The molecule has 1 aliphatic heterocycles. The Morgan fingerprint density at radius 2 is 2.17 bits per heavy atom. The van der Waals surface area contributed by atoms with E-state index in [1.54, 1.807) is 16.7 Å². The zero-order valence-electron chi connectivity index (χ0n) is 13.3. The van der Waals surface area contributed by atoms with Crippen LogP contribution in [0.25, 0.3) is 0 Å². The number of carbonyl (C=O) groups excluding carboxylic acids is 2. The highest BCUT2D eigenvalue weighted by atomic mass is 32.2. The fourth-order valence-corrected chi connectivity index (χ4v) is 4.14. The SMILES string of the molecule is CCCSc1nnc(NC(=O)[C@H]2CC(=O)N(c3ccccc3)C2)s1. The van der Waals surface area contributed by atoms with Gasteiger partial charge in [-0.1, -0.05) is 48.2 Å². The summed E-state index contributed by atoms with van der Waals surface area (Å²) in [6.45, 7) is 2.50. The molecule has 2 heterocycles. The molecule has 24 heavy (non-hydrogen) atoms. The number of aromatic nitrogens is 2. The zero-order chi connectivity index (χ0) is 16.9. The number of amides is 2. The normalized spacial score (nSPS) is 17.3. The number of hydrogen-bond acceptors (Lipinski definition) is 6. The number of nitrogens with one attached hydrogen (secondary N) is 1. The van der Waals surface area contributed by atoms with Gasteiger partial charge in [-0.05, 0) is 18.6 Å². The summed E-state index contributed by atoms with van der Waals surface area (Å²) in [7, 11) is 0. The summed E-state index contributed by atoms with van der Waals surface area (Å²) in [5.41, 5.74) is 0.826. The predicted molar refractivity (Wildman–Crippen MR) is 96.5 cm³/mol. The van der Waals surface area contributed by atoms with Gasteiger partial charge in [0.15, 0.2) is 4.34 Å². The van der Waals surface area contributed by atoms with Gasteiger partial charge in [0.1, 0.15) is 0 Å². The first-order valence-electron chi connectivity index (χ1n) is 7.80. The fourth-order valence-electron chi connectivity index (χ4n) is 2.46. The summed E-state index contributed by atoms with van der Waals surface area (Å²) < 4.78 is 0.848. The van der Waals surface area contributed by atoms with Crippen LogP contribution in [0, 0.1) is 5.92 Å². The van der Waals surface area contributed by atoms with E-state index in [1.807, 2.05) is 30.3 Å². The van der Waals surface area contributed by atoms with E-state index in [0.29, 0.717) is 11.7 Å². The van der Waals surface area contributed by atoms with Gasteiger partial charge in [0.2, 0.25) is 16.9 Å². The predicted octanol–water partition coefficient (Wildman–Crippen LogP) is 3.03. The van der Waals surface area contributed by atoms with Crippen molar-refractivity contribution in [3.8, 4) is 0 Å². The lowest BCUT2D eigenvalue weighted by Gasteiger charge is -2.16. The molecule has 3 rings (SSSR count). The van der Waals surface area contributed by atoms with Crippen molar-refractivity contribution in [2.24, 2.45) is 5.92 Å². The highest BCUT2D eigenvalue weighted by Crippen LogP contribution is 2.28. The van der Waals surface area contributed by atoms with Crippen LogP contribution in [0.5, 0.6) is 0 Å². The van der Waals surface area contributed by atoms with E-state index in [-0.39, 0.29) is 24.2 Å². The van der Waals surface area contributed by atoms with Crippen molar-refractivity contribution in [3.63, 3.8) is 0 Å². The van der Waals surface area contributed by atoms with Crippen molar-refractivity contribution < 1.29 is 9.59 Å². The molecule has 1 aromatic carbocycles. The van der Waals surface area contributed by atoms with Gasteiger partial charge in [0, 0.05) is 24.4 Å². The smallest absolute Gasteiger partial charge is 0.231 e. The molecule has 8 heteroatoms. The number of para-hydroxylation sites is 1. The van der Waals surface area contributed by atoms with Crippen molar-refractivity contribution in [2.75, 3.05) is 22.5 Å². The van der Waals surface area contributed by atoms with Gasteiger partial charge in [-0.15, -0.1) is 10.2 Å². The minimum Gasteiger partial charge on any atom is -0.312 e. The monoisotopic (exact) mass is 362 g/mol. The molecule has 126 valence electrons. The molecule has 0 aliphatic carbocycles. The van der Waals surface area contributed by atoms with Gasteiger partial charge in [-0.2, -0.15) is 0 Å². The van der Waals surface area contributed by atoms with Crippen LogP contribution in [0.15, 0.2) is 34.7 Å². The molecule has 1 saturated heterocycles. The maximum atomic E-state index is 12.4. The maximum Gasteiger partial charge on any atom is 0.231 e. The van der Waals surface area contributed by atoms with Crippen molar-refractivity contribution in [3.05, 3.63) is 30.3 Å². The lowest BCUT2D eigenvalue weighted by atomic mass is 10.1. The van der Waals surface area contributed by atoms with Gasteiger partial charge < -0.3 is 10.2 Å². The number of anilines is 2. The summed E-state index contributed by atoms with van der Waals surface area (Å²) in [5.74, 6) is 0.405. The molecule has 1 atom stereocenters. The number of thioether (sulfide) groups is 1. The number of hydrogen-bond donors (Lipinski definition) is 1. The highest BCUT2D eigenvalue weighted by Gasteiger charge is 2.35. The minimum atomic E-state index is -0.367. The Labute approximate surface area is 148 Å². The Bertz CT molecular complexity index is 720. The van der Waals surface area contributed by atoms with E-state index < -0.39 is 0 Å². The van der Waals surface area contributed by atoms with Gasteiger partial charge in [0.05, 0.1) is 5.92 Å². The maximum absolute atomic E-state index is 12.4. The molecule has 1 aromatic heterocycles. The Morgan fingerprint density at radius 1 is 1.38 bits per heavy atom. The topological polar surface area (TPSA) is 75.2 Å². The summed E-state index contributed by atoms with van der Waals surface area (Å²) in [4.78, 5) is 26.2. The second-order valence-corrected chi connectivity index (χ2v) is 7.77. The average Bonchev–Trinajstić information content (AvgIpc) is 3.20. The van der Waals surface area contributed by atoms with E-state index in [1.165, 1.54) is 11.3 Å². The third-order valence-electron chi connectivity index (χ3n) is 3.63. The lowest BCUT2D eigenvalue weighted by Crippen LogP contribution is -2.28. The molecular weight excluding hydrogens is 344 g/mol. The molecule has 1 N–H and O–H groups in total. The van der Waals surface area contributed by atoms with E-state index in [9.17, 15) is 9.59 Å². The van der Waals surface area contributed by atoms with Crippen LogP contribution in [-0.2, 0) is 9.59 Å². The summed E-state index contributed by atoms with van der Waals surface area (Å²) >= 11 is 3.00. The summed E-state index contributed by atoms with van der Waals surface area (Å²) in [5, 5.41) is 11.3. The summed E-state index contributed by atoms with van der Waals surface area (Å²) in [6.07, 6.45) is 1.28. The van der Waals surface area contributed by atoms with Crippen molar-refractivity contribution in [1.29, 1.82) is 0 Å². The van der Waals surface area contributed by atoms with Crippen LogP contribution in [-0.4, -0.2) is 34.3 Å². The fraction of sp³-hybridized carbons (Fsp3) is 0.375. The molecule has 2 amide bonds. The molecule has 0 radical (unpaired) electrons.